The van der Waals surface area contributed by atoms with Crippen molar-refractivity contribution >= 4 is 10.0 Å². The van der Waals surface area contributed by atoms with E-state index in [1.807, 2.05) is 38.1 Å². The second-order valence-corrected chi connectivity index (χ2v) is 7.87. The summed E-state index contributed by atoms with van der Waals surface area (Å²) in [4.78, 5) is 0.258. The Bertz CT molecular complexity index is 846. The van der Waals surface area contributed by atoms with E-state index >= 15 is 0 Å². The maximum atomic E-state index is 12.7. The summed E-state index contributed by atoms with van der Waals surface area (Å²) in [6.07, 6.45) is 0. The third kappa shape index (κ3) is 4.74. The normalized spacial score (nSPS) is 12.7. The molecule has 0 bridgehead atoms. The summed E-state index contributed by atoms with van der Waals surface area (Å²) in [6, 6.07) is 10.6. The van der Waals surface area contributed by atoms with Crippen molar-refractivity contribution in [1.29, 1.82) is 0 Å². The molecule has 0 heterocycles. The molecule has 5 nitrogen and oxygen atoms in total. The molecular formula is C19H25NO4S. The minimum absolute atomic E-state index is 0.248. The monoisotopic (exact) mass is 363 g/mol. The van der Waals surface area contributed by atoms with Crippen LogP contribution in [0.4, 0.5) is 0 Å². The van der Waals surface area contributed by atoms with E-state index < -0.39 is 10.0 Å². The van der Waals surface area contributed by atoms with E-state index in [0.29, 0.717) is 11.3 Å². The lowest BCUT2D eigenvalue weighted by molar-refractivity contribution is 0.285. The number of nitrogens with one attached hydrogen (secondary N) is 1. The number of hydrogen-bond donors (Lipinski definition) is 1. The van der Waals surface area contributed by atoms with Crippen LogP contribution in [-0.4, -0.2) is 28.2 Å². The number of rotatable bonds is 7. The first-order chi connectivity index (χ1) is 11.7. The van der Waals surface area contributed by atoms with Gasteiger partial charge in [0.05, 0.1) is 18.0 Å². The van der Waals surface area contributed by atoms with Crippen molar-refractivity contribution in [2.45, 2.75) is 38.6 Å². The van der Waals surface area contributed by atoms with E-state index in [1.165, 1.54) is 0 Å². The smallest absolute Gasteiger partial charge is 0.241 e. The Kier molecular flexibility index (Phi) is 6.08. The van der Waals surface area contributed by atoms with Crippen molar-refractivity contribution in [3.05, 3.63) is 53.1 Å². The highest BCUT2D eigenvalue weighted by Gasteiger charge is 2.21. The molecule has 0 radical (unpaired) electrons. The zero-order valence-electron chi connectivity index (χ0n) is 15.3. The van der Waals surface area contributed by atoms with Gasteiger partial charge in [-0.25, -0.2) is 13.1 Å². The van der Waals surface area contributed by atoms with Crippen LogP contribution >= 0.6 is 0 Å². The van der Waals surface area contributed by atoms with Gasteiger partial charge in [0, 0.05) is 0 Å². The number of benzene rings is 2. The number of methoxy groups -OCH3 is 1. The molecule has 2 aromatic carbocycles. The van der Waals surface area contributed by atoms with E-state index in [2.05, 4.69) is 4.72 Å². The fourth-order valence-electron chi connectivity index (χ4n) is 2.57. The molecular weight excluding hydrogens is 338 g/mol. The Morgan fingerprint density at radius 3 is 2.32 bits per heavy atom. The summed E-state index contributed by atoms with van der Waals surface area (Å²) in [5.74, 6) is 1.43. The zero-order valence-corrected chi connectivity index (χ0v) is 16.1. The molecule has 0 aromatic heterocycles. The molecule has 2 rings (SSSR count). The Balaban J connectivity index is 2.10. The zero-order chi connectivity index (χ0) is 18.6. The average molecular weight is 363 g/mol. The third-order valence-corrected chi connectivity index (χ3v) is 5.65. The predicted octanol–water partition coefficient (Wildman–Crippen LogP) is 3.37. The molecule has 25 heavy (non-hydrogen) atoms. The fourth-order valence-corrected chi connectivity index (χ4v) is 4.11. The van der Waals surface area contributed by atoms with Gasteiger partial charge in [0.1, 0.15) is 18.1 Å². The summed E-state index contributed by atoms with van der Waals surface area (Å²) in [7, 11) is -2.07. The van der Waals surface area contributed by atoms with E-state index in [1.54, 1.807) is 33.1 Å². The van der Waals surface area contributed by atoms with Crippen LogP contribution in [0.15, 0.2) is 41.3 Å². The average Bonchev–Trinajstić information content (AvgIpc) is 2.55. The lowest BCUT2D eigenvalue weighted by Crippen LogP contribution is -2.37. The molecule has 1 N–H and O–H groups in total. The minimum Gasteiger partial charge on any atom is -0.496 e. The van der Waals surface area contributed by atoms with Crippen molar-refractivity contribution in [3.63, 3.8) is 0 Å². The van der Waals surface area contributed by atoms with Gasteiger partial charge in [0.2, 0.25) is 10.0 Å². The second kappa shape index (κ2) is 7.89. The third-order valence-electron chi connectivity index (χ3n) is 3.92. The van der Waals surface area contributed by atoms with Crippen LogP contribution < -0.4 is 14.2 Å². The number of aryl methyl sites for hydroxylation is 3. The molecule has 0 saturated heterocycles. The standard InChI is InChI=1S/C19H25NO4S/c1-13-8-6-7-9-17(13)24-12-16(4)20-25(21,22)19-11-14(2)18(23-5)10-15(19)3/h6-11,16,20H,12H2,1-5H3/t16-/m0/s1. The first kappa shape index (κ1) is 19.3. The van der Waals surface area contributed by atoms with Crippen LogP contribution in [0.1, 0.15) is 23.6 Å². The summed E-state index contributed by atoms with van der Waals surface area (Å²) in [5, 5.41) is 0. The lowest BCUT2D eigenvalue weighted by Gasteiger charge is -2.18. The first-order valence-electron chi connectivity index (χ1n) is 8.10. The molecule has 0 aliphatic heterocycles. The van der Waals surface area contributed by atoms with E-state index in [9.17, 15) is 8.42 Å². The Labute approximate surface area is 150 Å². The van der Waals surface area contributed by atoms with Gasteiger partial charge in [0.15, 0.2) is 0 Å². The maximum absolute atomic E-state index is 12.7. The van der Waals surface area contributed by atoms with Crippen molar-refractivity contribution < 1.29 is 17.9 Å². The number of hydrogen-bond acceptors (Lipinski definition) is 4. The molecule has 0 unspecified atom stereocenters. The van der Waals surface area contributed by atoms with Crippen LogP contribution in [0, 0.1) is 20.8 Å². The van der Waals surface area contributed by atoms with Crippen LogP contribution in [-0.2, 0) is 10.0 Å². The SMILES string of the molecule is COc1cc(C)c(S(=O)(=O)N[C@@H](C)COc2ccccc2C)cc1C. The molecule has 1 atom stereocenters. The number of ether oxygens (including phenoxy) is 2. The molecule has 0 aliphatic rings. The number of sulfonamides is 1. The van der Waals surface area contributed by atoms with Gasteiger partial charge in [-0.05, 0) is 62.6 Å². The summed E-state index contributed by atoms with van der Waals surface area (Å²) in [6.45, 7) is 7.56. The van der Waals surface area contributed by atoms with Gasteiger partial charge in [-0.3, -0.25) is 0 Å². The van der Waals surface area contributed by atoms with E-state index in [-0.39, 0.29) is 17.5 Å². The second-order valence-electron chi connectivity index (χ2n) is 6.19. The molecule has 136 valence electrons. The Morgan fingerprint density at radius 2 is 1.68 bits per heavy atom. The Morgan fingerprint density at radius 1 is 1.00 bits per heavy atom. The van der Waals surface area contributed by atoms with Crippen molar-refractivity contribution in [1.82, 2.24) is 4.72 Å². The fraction of sp³-hybridized carbons (Fsp3) is 0.368. The van der Waals surface area contributed by atoms with Crippen LogP contribution in [0.2, 0.25) is 0 Å². The highest BCUT2D eigenvalue weighted by atomic mass is 32.2. The maximum Gasteiger partial charge on any atom is 0.241 e. The molecule has 0 spiro atoms. The van der Waals surface area contributed by atoms with Gasteiger partial charge in [0.25, 0.3) is 0 Å². The molecule has 6 heteroatoms. The summed E-state index contributed by atoms with van der Waals surface area (Å²) >= 11 is 0. The van der Waals surface area contributed by atoms with Crippen LogP contribution in [0.5, 0.6) is 11.5 Å². The largest absolute Gasteiger partial charge is 0.496 e. The van der Waals surface area contributed by atoms with Crippen molar-refractivity contribution in [2.24, 2.45) is 0 Å². The summed E-state index contributed by atoms with van der Waals surface area (Å²) < 4.78 is 39.0. The molecule has 0 fully saturated rings. The van der Waals surface area contributed by atoms with Gasteiger partial charge >= 0.3 is 0 Å². The highest BCUT2D eigenvalue weighted by molar-refractivity contribution is 7.89. The van der Waals surface area contributed by atoms with Gasteiger partial charge in [-0.1, -0.05) is 18.2 Å². The van der Waals surface area contributed by atoms with Crippen molar-refractivity contribution in [2.75, 3.05) is 13.7 Å². The predicted molar refractivity (Wildman–Crippen MR) is 98.9 cm³/mol. The van der Waals surface area contributed by atoms with E-state index in [0.717, 1.165) is 16.9 Å². The minimum atomic E-state index is -3.64. The molecule has 2 aromatic rings. The Hall–Kier alpha value is -2.05. The quantitative estimate of drug-likeness (QED) is 0.819. The topological polar surface area (TPSA) is 64.6 Å². The van der Waals surface area contributed by atoms with Gasteiger partial charge in [-0.2, -0.15) is 0 Å². The molecule has 0 saturated carbocycles. The van der Waals surface area contributed by atoms with Gasteiger partial charge < -0.3 is 9.47 Å². The van der Waals surface area contributed by atoms with E-state index in [4.69, 9.17) is 9.47 Å². The number of para-hydroxylation sites is 1. The first-order valence-corrected chi connectivity index (χ1v) is 9.59. The van der Waals surface area contributed by atoms with Crippen LogP contribution in [0.25, 0.3) is 0 Å². The van der Waals surface area contributed by atoms with Crippen molar-refractivity contribution in [3.8, 4) is 11.5 Å². The van der Waals surface area contributed by atoms with Gasteiger partial charge in [-0.15, -0.1) is 0 Å². The summed E-state index contributed by atoms with van der Waals surface area (Å²) in [5.41, 5.74) is 2.43. The van der Waals surface area contributed by atoms with Crippen LogP contribution in [0.3, 0.4) is 0 Å². The highest BCUT2D eigenvalue weighted by Crippen LogP contribution is 2.25. The lowest BCUT2D eigenvalue weighted by atomic mass is 10.1. The molecule has 0 amide bonds. The molecule has 0 aliphatic carbocycles.